The van der Waals surface area contributed by atoms with Gasteiger partial charge in [-0.25, -0.2) is 14.3 Å². The van der Waals surface area contributed by atoms with E-state index in [4.69, 9.17) is 11.2 Å². The maximum atomic E-state index is 11.4. The molecule has 4 heteroatoms. The average molecular weight is 248 g/mol. The first-order valence-corrected chi connectivity index (χ1v) is 6.43. The Morgan fingerprint density at radius 2 is 1.94 bits per heavy atom. The van der Waals surface area contributed by atoms with E-state index >= 15 is 0 Å². The van der Waals surface area contributed by atoms with E-state index in [0.29, 0.717) is 6.61 Å². The fourth-order valence-electron chi connectivity index (χ4n) is 1.64. The molecule has 0 aliphatic heterocycles. The summed E-state index contributed by atoms with van der Waals surface area (Å²) in [5, 5.41) is 0. The molecule has 0 spiro atoms. The second-order valence-electron chi connectivity index (χ2n) is 4.16. The van der Waals surface area contributed by atoms with E-state index in [1.165, 1.54) is 30.2 Å². The fourth-order valence-corrected chi connectivity index (χ4v) is 1.64. The Bertz CT molecular complexity index is 366. The number of carbonyl (C=O) groups excluding carboxylic acids is 1. The van der Waals surface area contributed by atoms with Gasteiger partial charge in [0.1, 0.15) is 6.33 Å². The summed E-state index contributed by atoms with van der Waals surface area (Å²) in [5.41, 5.74) is 0. The molecule has 0 N–H and O–H groups in total. The van der Waals surface area contributed by atoms with Crippen molar-refractivity contribution in [2.75, 3.05) is 6.61 Å². The van der Waals surface area contributed by atoms with Crippen molar-refractivity contribution in [3.8, 4) is 12.3 Å². The zero-order valence-electron chi connectivity index (χ0n) is 10.7. The van der Waals surface area contributed by atoms with E-state index in [9.17, 15) is 4.79 Å². The van der Waals surface area contributed by atoms with Gasteiger partial charge >= 0.3 is 6.09 Å². The van der Waals surface area contributed by atoms with E-state index in [-0.39, 0.29) is 6.09 Å². The van der Waals surface area contributed by atoms with Crippen LogP contribution in [-0.4, -0.2) is 22.3 Å². The molecule has 0 aromatic carbocycles. The minimum absolute atomic E-state index is 0.360. The van der Waals surface area contributed by atoms with Gasteiger partial charge in [0.2, 0.25) is 0 Å². The molecule has 0 aliphatic carbocycles. The molecule has 0 saturated carbocycles. The molecule has 0 saturated heterocycles. The highest BCUT2D eigenvalue weighted by Gasteiger charge is 2.03. The first-order valence-electron chi connectivity index (χ1n) is 6.43. The number of hydrogen-bond donors (Lipinski definition) is 0. The molecule has 1 aromatic rings. The van der Waals surface area contributed by atoms with Crippen LogP contribution in [0.5, 0.6) is 0 Å². The van der Waals surface area contributed by atoms with Crippen molar-refractivity contribution in [3.63, 3.8) is 0 Å². The summed E-state index contributed by atoms with van der Waals surface area (Å²) >= 11 is 0. The van der Waals surface area contributed by atoms with Crippen molar-refractivity contribution < 1.29 is 9.53 Å². The lowest BCUT2D eigenvalue weighted by atomic mass is 10.1. The summed E-state index contributed by atoms with van der Waals surface area (Å²) < 4.78 is 6.42. The molecule has 1 rings (SSSR count). The predicted molar refractivity (Wildman–Crippen MR) is 70.1 cm³/mol. The molecule has 0 unspecified atom stereocenters. The van der Waals surface area contributed by atoms with Gasteiger partial charge in [-0.1, -0.05) is 25.7 Å². The highest BCUT2D eigenvalue weighted by atomic mass is 16.5. The molecule has 0 radical (unpaired) electrons. The van der Waals surface area contributed by atoms with Gasteiger partial charge in [-0.3, -0.25) is 0 Å². The van der Waals surface area contributed by atoms with Crippen molar-refractivity contribution in [1.29, 1.82) is 0 Å². The third-order valence-corrected chi connectivity index (χ3v) is 2.66. The van der Waals surface area contributed by atoms with Crippen LogP contribution in [0.4, 0.5) is 4.79 Å². The lowest BCUT2D eigenvalue weighted by molar-refractivity contribution is 0.145. The molecule has 0 amide bonds. The molecular formula is C14H20N2O2. The first-order chi connectivity index (χ1) is 8.84. The number of ether oxygens (including phenoxy) is 1. The number of terminal acetylenes is 1. The van der Waals surface area contributed by atoms with Crippen molar-refractivity contribution in [2.45, 2.75) is 44.9 Å². The van der Waals surface area contributed by atoms with Gasteiger partial charge in [0.15, 0.2) is 0 Å². The van der Waals surface area contributed by atoms with Gasteiger partial charge in [0, 0.05) is 18.8 Å². The maximum Gasteiger partial charge on any atom is 0.419 e. The summed E-state index contributed by atoms with van der Waals surface area (Å²) in [4.78, 5) is 15.2. The number of hydrogen-bond acceptors (Lipinski definition) is 3. The molecule has 0 aliphatic rings. The Morgan fingerprint density at radius 1 is 1.22 bits per heavy atom. The zero-order valence-corrected chi connectivity index (χ0v) is 10.7. The third kappa shape index (κ3) is 6.09. The molecular weight excluding hydrogens is 228 g/mol. The smallest absolute Gasteiger partial charge is 0.419 e. The standard InChI is InChI=1S/C14H20N2O2/c1-2-3-4-5-6-7-8-9-12-18-14(17)16-11-10-15-13-16/h1,10-11,13H,3-9,12H2. The van der Waals surface area contributed by atoms with Crippen molar-refractivity contribution in [2.24, 2.45) is 0 Å². The second-order valence-corrected chi connectivity index (χ2v) is 4.16. The maximum absolute atomic E-state index is 11.4. The second kappa shape index (κ2) is 9.29. The summed E-state index contributed by atoms with van der Waals surface area (Å²) in [6.07, 6.45) is 17.0. The minimum atomic E-state index is -0.360. The van der Waals surface area contributed by atoms with Crippen LogP contribution in [0.15, 0.2) is 18.7 Å². The summed E-state index contributed by atoms with van der Waals surface area (Å²) in [6, 6.07) is 0. The van der Waals surface area contributed by atoms with Crippen LogP contribution < -0.4 is 0 Å². The molecule has 18 heavy (non-hydrogen) atoms. The van der Waals surface area contributed by atoms with E-state index in [2.05, 4.69) is 10.9 Å². The molecule has 98 valence electrons. The number of aromatic nitrogens is 2. The highest BCUT2D eigenvalue weighted by Crippen LogP contribution is 2.07. The van der Waals surface area contributed by atoms with E-state index in [1.54, 1.807) is 12.4 Å². The average Bonchev–Trinajstić information content (AvgIpc) is 2.90. The molecule has 1 heterocycles. The lowest BCUT2D eigenvalue weighted by Crippen LogP contribution is -2.12. The van der Waals surface area contributed by atoms with Crippen LogP contribution in [0, 0.1) is 12.3 Å². The summed E-state index contributed by atoms with van der Waals surface area (Å²) in [5.74, 6) is 2.64. The molecule has 1 aromatic heterocycles. The minimum Gasteiger partial charge on any atom is -0.449 e. The SMILES string of the molecule is C#CCCCCCCCCOC(=O)n1ccnc1. The highest BCUT2D eigenvalue weighted by molar-refractivity contribution is 5.69. The van der Waals surface area contributed by atoms with E-state index < -0.39 is 0 Å². The monoisotopic (exact) mass is 248 g/mol. The number of nitrogens with zero attached hydrogens (tertiary/aromatic N) is 2. The topological polar surface area (TPSA) is 44.1 Å². The van der Waals surface area contributed by atoms with Crippen molar-refractivity contribution in [3.05, 3.63) is 18.7 Å². The third-order valence-electron chi connectivity index (χ3n) is 2.66. The van der Waals surface area contributed by atoms with Crippen LogP contribution >= 0.6 is 0 Å². The van der Waals surface area contributed by atoms with Crippen molar-refractivity contribution >= 4 is 6.09 Å². The molecule has 4 nitrogen and oxygen atoms in total. The van der Waals surface area contributed by atoms with Gasteiger partial charge < -0.3 is 4.74 Å². The van der Waals surface area contributed by atoms with Crippen LogP contribution in [0.1, 0.15) is 44.9 Å². The number of carbonyl (C=O) groups is 1. The van der Waals surface area contributed by atoms with Gasteiger partial charge in [-0.2, -0.15) is 0 Å². The Balaban J connectivity index is 1.90. The Labute approximate surface area is 108 Å². The van der Waals surface area contributed by atoms with Crippen LogP contribution in [0.2, 0.25) is 0 Å². The predicted octanol–water partition coefficient (Wildman–Crippen LogP) is 3.23. The largest absolute Gasteiger partial charge is 0.449 e. The van der Waals surface area contributed by atoms with Crippen LogP contribution in [0.3, 0.4) is 0 Å². The lowest BCUT2D eigenvalue weighted by Gasteiger charge is -2.04. The van der Waals surface area contributed by atoms with Gasteiger partial charge in [0.05, 0.1) is 6.61 Å². The van der Waals surface area contributed by atoms with E-state index in [1.807, 2.05) is 0 Å². The number of imidazole rings is 1. The Morgan fingerprint density at radius 3 is 2.61 bits per heavy atom. The number of rotatable bonds is 8. The molecule has 0 bridgehead atoms. The number of unbranched alkanes of at least 4 members (excludes halogenated alkanes) is 6. The van der Waals surface area contributed by atoms with Crippen LogP contribution in [0.25, 0.3) is 0 Å². The Kier molecular flexibility index (Phi) is 7.38. The molecule has 0 atom stereocenters. The van der Waals surface area contributed by atoms with Crippen LogP contribution in [-0.2, 0) is 4.74 Å². The van der Waals surface area contributed by atoms with Gasteiger partial charge in [0.25, 0.3) is 0 Å². The van der Waals surface area contributed by atoms with Crippen molar-refractivity contribution in [1.82, 2.24) is 9.55 Å². The summed E-state index contributed by atoms with van der Waals surface area (Å²) in [6.45, 7) is 0.474. The van der Waals surface area contributed by atoms with E-state index in [0.717, 1.165) is 25.7 Å². The fraction of sp³-hybridized carbons (Fsp3) is 0.571. The van der Waals surface area contributed by atoms with Gasteiger partial charge in [-0.05, 0) is 12.8 Å². The summed E-state index contributed by atoms with van der Waals surface area (Å²) in [7, 11) is 0. The van der Waals surface area contributed by atoms with Gasteiger partial charge in [-0.15, -0.1) is 12.3 Å². The quantitative estimate of drug-likeness (QED) is 0.524. The normalized spacial score (nSPS) is 9.94. The zero-order chi connectivity index (χ0) is 13.1. The Hall–Kier alpha value is -1.76. The first kappa shape index (κ1) is 14.3. The molecule has 0 fully saturated rings.